The fourth-order valence-electron chi connectivity index (χ4n) is 2.16. The van der Waals surface area contributed by atoms with Gasteiger partial charge in [0, 0.05) is 6.54 Å². The lowest BCUT2D eigenvalue weighted by Crippen LogP contribution is -2.41. The highest BCUT2D eigenvalue weighted by Gasteiger charge is 2.38. The zero-order chi connectivity index (χ0) is 16.8. The lowest BCUT2D eigenvalue weighted by atomic mass is 10.2. The highest BCUT2D eigenvalue weighted by atomic mass is 32.2. The zero-order valence-electron chi connectivity index (χ0n) is 12.7. The molecule has 6 nitrogen and oxygen atoms in total. The Kier molecular flexibility index (Phi) is 5.97. The molecule has 23 heavy (non-hydrogen) atoms. The van der Waals surface area contributed by atoms with Crippen LogP contribution in [0.15, 0.2) is 24.3 Å². The van der Waals surface area contributed by atoms with Gasteiger partial charge in [-0.05, 0) is 36.1 Å². The quantitative estimate of drug-likeness (QED) is 0.730. The topological polar surface area (TPSA) is 78.5 Å². The Morgan fingerprint density at radius 1 is 1.35 bits per heavy atom. The van der Waals surface area contributed by atoms with Crippen LogP contribution in [0.1, 0.15) is 12.0 Å². The summed E-state index contributed by atoms with van der Waals surface area (Å²) < 4.78 is 12.8. The minimum Gasteiger partial charge on any atom is -0.350 e. The molecule has 1 unspecified atom stereocenters. The molecule has 8 heteroatoms. The molecule has 1 heterocycles. The summed E-state index contributed by atoms with van der Waals surface area (Å²) in [6.45, 7) is -0.111. The number of carbonyl (C=O) groups excluding carboxylic acids is 3. The average molecular weight is 339 g/mol. The normalized spacial score (nSPS) is 17.3. The van der Waals surface area contributed by atoms with Gasteiger partial charge in [0.15, 0.2) is 0 Å². The van der Waals surface area contributed by atoms with Crippen LogP contribution in [-0.2, 0) is 16.1 Å². The second kappa shape index (κ2) is 7.96. The van der Waals surface area contributed by atoms with E-state index in [1.807, 2.05) is 6.26 Å². The molecule has 1 saturated heterocycles. The monoisotopic (exact) mass is 339 g/mol. The van der Waals surface area contributed by atoms with Crippen LogP contribution < -0.4 is 10.6 Å². The third-order valence-corrected chi connectivity index (χ3v) is 4.07. The number of amides is 4. The molecule has 0 bridgehead atoms. The average Bonchev–Trinajstić information content (AvgIpc) is 2.80. The molecule has 1 aliphatic rings. The maximum atomic E-state index is 12.8. The van der Waals surface area contributed by atoms with Crippen LogP contribution in [0.2, 0.25) is 0 Å². The van der Waals surface area contributed by atoms with Gasteiger partial charge < -0.3 is 10.6 Å². The molecular weight excluding hydrogens is 321 g/mol. The van der Waals surface area contributed by atoms with E-state index in [0.29, 0.717) is 6.42 Å². The van der Waals surface area contributed by atoms with Gasteiger partial charge in [0.2, 0.25) is 5.91 Å². The van der Waals surface area contributed by atoms with Crippen molar-refractivity contribution in [1.82, 2.24) is 15.5 Å². The molecule has 1 aliphatic heterocycles. The van der Waals surface area contributed by atoms with Crippen molar-refractivity contribution >= 4 is 29.6 Å². The smallest absolute Gasteiger partial charge is 0.325 e. The maximum Gasteiger partial charge on any atom is 0.325 e. The zero-order valence-corrected chi connectivity index (χ0v) is 13.5. The van der Waals surface area contributed by atoms with Crippen molar-refractivity contribution in [3.05, 3.63) is 35.6 Å². The Morgan fingerprint density at radius 3 is 2.70 bits per heavy atom. The van der Waals surface area contributed by atoms with Gasteiger partial charge in [0.1, 0.15) is 18.4 Å². The molecule has 2 N–H and O–H groups in total. The lowest BCUT2D eigenvalue weighted by Gasteiger charge is -2.13. The van der Waals surface area contributed by atoms with Crippen LogP contribution in [-0.4, -0.2) is 47.3 Å². The summed E-state index contributed by atoms with van der Waals surface area (Å²) in [4.78, 5) is 36.7. The standard InChI is InChI=1S/C15H18FN3O3S/c1-23-7-6-12-14(21)19(15(22)18-12)9-13(20)17-8-10-2-4-11(16)5-3-10/h2-5,12H,6-9H2,1H3,(H,17,20)(H,18,22). The summed E-state index contributed by atoms with van der Waals surface area (Å²) in [5.74, 6) is -0.415. The van der Waals surface area contributed by atoms with Crippen molar-refractivity contribution in [2.24, 2.45) is 0 Å². The van der Waals surface area contributed by atoms with Gasteiger partial charge in [0.25, 0.3) is 5.91 Å². The summed E-state index contributed by atoms with van der Waals surface area (Å²) in [5, 5.41) is 5.18. The third-order valence-electron chi connectivity index (χ3n) is 3.42. The van der Waals surface area contributed by atoms with E-state index in [1.54, 1.807) is 23.9 Å². The molecule has 0 spiro atoms. The molecule has 1 atom stereocenters. The highest BCUT2D eigenvalue weighted by Crippen LogP contribution is 2.11. The molecule has 0 aliphatic carbocycles. The summed E-state index contributed by atoms with van der Waals surface area (Å²) >= 11 is 1.59. The van der Waals surface area contributed by atoms with E-state index < -0.39 is 18.0 Å². The van der Waals surface area contributed by atoms with E-state index in [4.69, 9.17) is 0 Å². The van der Waals surface area contributed by atoms with Crippen molar-refractivity contribution in [1.29, 1.82) is 0 Å². The van der Waals surface area contributed by atoms with E-state index in [1.165, 1.54) is 12.1 Å². The van der Waals surface area contributed by atoms with Crippen LogP contribution in [0.4, 0.5) is 9.18 Å². The largest absolute Gasteiger partial charge is 0.350 e. The number of rotatable bonds is 7. The summed E-state index contributed by atoms with van der Waals surface area (Å²) in [5.41, 5.74) is 0.731. The molecule has 0 saturated carbocycles. The first-order valence-corrected chi connectivity index (χ1v) is 8.52. The molecule has 0 radical (unpaired) electrons. The molecule has 2 rings (SSSR count). The predicted octanol–water partition coefficient (Wildman–Crippen LogP) is 1.12. The van der Waals surface area contributed by atoms with Crippen molar-refractivity contribution in [2.75, 3.05) is 18.6 Å². The van der Waals surface area contributed by atoms with E-state index in [9.17, 15) is 18.8 Å². The van der Waals surface area contributed by atoms with Crippen LogP contribution >= 0.6 is 11.8 Å². The minimum atomic E-state index is -0.556. The third kappa shape index (κ3) is 4.69. The molecule has 1 aromatic carbocycles. The molecule has 4 amide bonds. The number of hydrogen-bond donors (Lipinski definition) is 2. The van der Waals surface area contributed by atoms with Gasteiger partial charge in [-0.15, -0.1) is 0 Å². The summed E-state index contributed by atoms with van der Waals surface area (Å²) in [7, 11) is 0. The van der Waals surface area contributed by atoms with Gasteiger partial charge in [-0.1, -0.05) is 12.1 Å². The van der Waals surface area contributed by atoms with E-state index in [2.05, 4.69) is 10.6 Å². The number of benzene rings is 1. The van der Waals surface area contributed by atoms with Crippen molar-refractivity contribution < 1.29 is 18.8 Å². The van der Waals surface area contributed by atoms with Gasteiger partial charge in [-0.25, -0.2) is 9.18 Å². The SMILES string of the molecule is CSCCC1NC(=O)N(CC(=O)NCc2ccc(F)cc2)C1=O. The summed E-state index contributed by atoms with van der Waals surface area (Å²) in [6, 6.07) is 4.62. The Labute approximate surface area is 137 Å². The first-order chi connectivity index (χ1) is 11.0. The van der Waals surface area contributed by atoms with Crippen molar-refractivity contribution in [2.45, 2.75) is 19.0 Å². The molecule has 1 aromatic rings. The van der Waals surface area contributed by atoms with Crippen molar-refractivity contribution in [3.8, 4) is 0 Å². The van der Waals surface area contributed by atoms with Crippen LogP contribution in [0.5, 0.6) is 0 Å². The number of imide groups is 1. The fourth-order valence-corrected chi connectivity index (χ4v) is 2.63. The second-order valence-corrected chi connectivity index (χ2v) is 6.10. The molecule has 0 aromatic heterocycles. The van der Waals surface area contributed by atoms with Gasteiger partial charge in [-0.2, -0.15) is 11.8 Å². The molecule has 1 fully saturated rings. The van der Waals surface area contributed by atoms with Gasteiger partial charge in [-0.3, -0.25) is 14.5 Å². The Balaban J connectivity index is 1.83. The number of carbonyl (C=O) groups is 3. The fraction of sp³-hybridized carbons (Fsp3) is 0.400. The van der Waals surface area contributed by atoms with Gasteiger partial charge in [0.05, 0.1) is 0 Å². The maximum absolute atomic E-state index is 12.8. The predicted molar refractivity (Wildman–Crippen MR) is 85.3 cm³/mol. The molecular formula is C15H18FN3O3S. The van der Waals surface area contributed by atoms with E-state index >= 15 is 0 Å². The number of halogens is 1. The molecule has 124 valence electrons. The number of hydrogen-bond acceptors (Lipinski definition) is 4. The van der Waals surface area contributed by atoms with Gasteiger partial charge >= 0.3 is 6.03 Å². The lowest BCUT2D eigenvalue weighted by molar-refractivity contribution is -0.132. The second-order valence-electron chi connectivity index (χ2n) is 5.11. The minimum absolute atomic E-state index is 0.207. The Hall–Kier alpha value is -2.09. The van der Waals surface area contributed by atoms with Crippen LogP contribution in [0.25, 0.3) is 0 Å². The first kappa shape index (κ1) is 17.3. The van der Waals surface area contributed by atoms with Crippen LogP contribution in [0.3, 0.4) is 0 Å². The highest BCUT2D eigenvalue weighted by molar-refractivity contribution is 7.98. The van der Waals surface area contributed by atoms with Crippen LogP contribution in [0, 0.1) is 5.82 Å². The van der Waals surface area contributed by atoms with E-state index in [0.717, 1.165) is 16.2 Å². The first-order valence-electron chi connectivity index (χ1n) is 7.13. The van der Waals surface area contributed by atoms with E-state index in [-0.39, 0.29) is 24.8 Å². The Bertz CT molecular complexity index is 594. The number of nitrogens with one attached hydrogen (secondary N) is 2. The van der Waals surface area contributed by atoms with Crippen molar-refractivity contribution in [3.63, 3.8) is 0 Å². The number of thioether (sulfide) groups is 1. The number of urea groups is 1. The Morgan fingerprint density at radius 2 is 2.04 bits per heavy atom. The number of nitrogens with zero attached hydrogens (tertiary/aromatic N) is 1. The summed E-state index contributed by atoms with van der Waals surface area (Å²) in [6.07, 6.45) is 2.46.